The molecule has 26 heavy (non-hydrogen) atoms. The predicted molar refractivity (Wildman–Crippen MR) is 96.9 cm³/mol. The van der Waals surface area contributed by atoms with Crippen LogP contribution in [0.3, 0.4) is 0 Å². The Labute approximate surface area is 151 Å². The van der Waals surface area contributed by atoms with E-state index in [-0.39, 0.29) is 5.60 Å². The van der Waals surface area contributed by atoms with Crippen LogP contribution in [-0.4, -0.2) is 34.8 Å². The van der Waals surface area contributed by atoms with Gasteiger partial charge in [-0.15, -0.1) is 0 Å². The van der Waals surface area contributed by atoms with E-state index in [4.69, 9.17) is 9.26 Å². The summed E-state index contributed by atoms with van der Waals surface area (Å²) in [5, 5.41) is 3.92. The molecule has 5 rings (SSSR count). The van der Waals surface area contributed by atoms with E-state index in [2.05, 4.69) is 44.3 Å². The van der Waals surface area contributed by atoms with Crippen molar-refractivity contribution in [2.75, 3.05) is 24.6 Å². The van der Waals surface area contributed by atoms with Crippen LogP contribution in [0, 0.1) is 6.92 Å². The Morgan fingerprint density at radius 1 is 1.15 bits per heavy atom. The molecule has 3 heterocycles. The smallest absolute Gasteiger partial charge is 0.261 e. The lowest BCUT2D eigenvalue weighted by Crippen LogP contribution is -2.49. The summed E-state index contributed by atoms with van der Waals surface area (Å²) in [5.41, 5.74) is 3.32. The number of hydrogen-bond acceptors (Lipinski definition) is 6. The first-order valence-electron chi connectivity index (χ1n) is 8.98. The van der Waals surface area contributed by atoms with Crippen LogP contribution in [-0.2, 0) is 16.8 Å². The molecular formula is C20H20N4O2. The number of anilines is 1. The number of benzene rings is 1. The zero-order valence-electron chi connectivity index (χ0n) is 14.7. The van der Waals surface area contributed by atoms with Crippen molar-refractivity contribution in [1.29, 1.82) is 0 Å². The van der Waals surface area contributed by atoms with Gasteiger partial charge in [0.15, 0.2) is 5.82 Å². The largest absolute Gasteiger partial charge is 0.367 e. The van der Waals surface area contributed by atoms with Gasteiger partial charge in [0.1, 0.15) is 11.4 Å². The predicted octanol–water partition coefficient (Wildman–Crippen LogP) is 3.12. The van der Waals surface area contributed by atoms with Gasteiger partial charge in [0.25, 0.3) is 5.89 Å². The third-order valence-electron chi connectivity index (χ3n) is 5.34. The number of rotatable bonds is 2. The first kappa shape index (κ1) is 15.5. The summed E-state index contributed by atoms with van der Waals surface area (Å²) >= 11 is 0. The summed E-state index contributed by atoms with van der Waals surface area (Å²) in [6.45, 7) is 4.07. The monoisotopic (exact) mass is 348 g/mol. The molecule has 1 aliphatic carbocycles. The number of pyridine rings is 1. The van der Waals surface area contributed by atoms with Crippen molar-refractivity contribution in [2.24, 2.45) is 0 Å². The molecule has 1 atom stereocenters. The summed E-state index contributed by atoms with van der Waals surface area (Å²) < 4.78 is 11.7. The van der Waals surface area contributed by atoms with Crippen molar-refractivity contribution < 1.29 is 9.26 Å². The minimum atomic E-state index is -0.256. The van der Waals surface area contributed by atoms with Gasteiger partial charge in [0.05, 0.1) is 18.7 Å². The SMILES string of the molecule is Cc1noc(-c2cccnc2N2CCOC3(CCc4ccccc43)C2)n1. The van der Waals surface area contributed by atoms with Crippen LogP contribution in [0.1, 0.15) is 23.4 Å². The van der Waals surface area contributed by atoms with Gasteiger partial charge < -0.3 is 14.2 Å². The van der Waals surface area contributed by atoms with Gasteiger partial charge in [-0.1, -0.05) is 29.4 Å². The molecule has 1 fully saturated rings. The van der Waals surface area contributed by atoms with Crippen LogP contribution >= 0.6 is 0 Å². The minimum Gasteiger partial charge on any atom is -0.367 e. The molecule has 6 heteroatoms. The van der Waals surface area contributed by atoms with Gasteiger partial charge in [-0.05, 0) is 43.0 Å². The van der Waals surface area contributed by atoms with Gasteiger partial charge in [-0.25, -0.2) is 4.98 Å². The number of hydrogen-bond donors (Lipinski definition) is 0. The van der Waals surface area contributed by atoms with Crippen molar-refractivity contribution in [3.63, 3.8) is 0 Å². The first-order chi connectivity index (χ1) is 12.8. The fraction of sp³-hybridized carbons (Fsp3) is 0.350. The maximum Gasteiger partial charge on any atom is 0.261 e. The lowest BCUT2D eigenvalue weighted by atomic mass is 9.93. The second-order valence-electron chi connectivity index (χ2n) is 6.94. The maximum atomic E-state index is 6.33. The minimum absolute atomic E-state index is 0.256. The normalized spacial score (nSPS) is 22.0. The van der Waals surface area contributed by atoms with E-state index in [1.807, 2.05) is 25.3 Å². The second-order valence-corrected chi connectivity index (χ2v) is 6.94. The average molecular weight is 348 g/mol. The van der Waals surface area contributed by atoms with Crippen molar-refractivity contribution in [1.82, 2.24) is 15.1 Å². The number of nitrogens with zero attached hydrogens (tertiary/aromatic N) is 4. The maximum absolute atomic E-state index is 6.33. The summed E-state index contributed by atoms with van der Waals surface area (Å²) in [6.07, 6.45) is 3.87. The molecule has 0 radical (unpaired) electrons. The molecule has 6 nitrogen and oxygen atoms in total. The lowest BCUT2D eigenvalue weighted by molar-refractivity contribution is -0.0594. The van der Waals surface area contributed by atoms with Gasteiger partial charge in [-0.3, -0.25) is 0 Å². The van der Waals surface area contributed by atoms with E-state index in [0.717, 1.165) is 37.3 Å². The molecule has 1 aliphatic heterocycles. The highest BCUT2D eigenvalue weighted by Gasteiger charge is 2.44. The molecule has 0 saturated carbocycles. The summed E-state index contributed by atoms with van der Waals surface area (Å²) in [6, 6.07) is 12.5. The molecule has 0 amide bonds. The Bertz CT molecular complexity index is 950. The zero-order chi connectivity index (χ0) is 17.6. The highest BCUT2D eigenvalue weighted by molar-refractivity contribution is 5.70. The van der Waals surface area contributed by atoms with Crippen LogP contribution in [0.5, 0.6) is 0 Å². The molecule has 1 spiro atoms. The third kappa shape index (κ3) is 2.41. The molecule has 3 aromatic rings. The van der Waals surface area contributed by atoms with E-state index in [9.17, 15) is 0 Å². The molecule has 1 aromatic carbocycles. The van der Waals surface area contributed by atoms with E-state index in [1.54, 1.807) is 0 Å². The number of aromatic nitrogens is 3. The van der Waals surface area contributed by atoms with Crippen molar-refractivity contribution in [3.8, 4) is 11.5 Å². The van der Waals surface area contributed by atoms with E-state index in [1.165, 1.54) is 11.1 Å². The standard InChI is InChI=1S/C20H20N4O2/c1-14-22-19(26-23-14)16-6-4-10-21-18(16)24-11-12-25-20(13-24)9-8-15-5-2-3-7-17(15)20/h2-7,10H,8-9,11-13H2,1H3. The number of fused-ring (bicyclic) bond motifs is 2. The summed E-state index contributed by atoms with van der Waals surface area (Å²) in [4.78, 5) is 11.3. The van der Waals surface area contributed by atoms with Crippen LogP contribution in [0.15, 0.2) is 47.1 Å². The molecule has 1 saturated heterocycles. The molecule has 2 aromatic heterocycles. The van der Waals surface area contributed by atoms with Gasteiger partial charge in [-0.2, -0.15) is 4.98 Å². The molecule has 0 bridgehead atoms. The van der Waals surface area contributed by atoms with E-state index >= 15 is 0 Å². The number of aryl methyl sites for hydroxylation is 2. The van der Waals surface area contributed by atoms with Crippen LogP contribution in [0.4, 0.5) is 5.82 Å². The highest BCUT2D eigenvalue weighted by atomic mass is 16.5. The van der Waals surface area contributed by atoms with Crippen molar-refractivity contribution in [3.05, 3.63) is 59.5 Å². The number of morpholine rings is 1. The fourth-order valence-corrected chi connectivity index (χ4v) is 4.16. The van der Waals surface area contributed by atoms with Crippen LogP contribution in [0.2, 0.25) is 0 Å². The Morgan fingerprint density at radius 2 is 2.08 bits per heavy atom. The quantitative estimate of drug-likeness (QED) is 0.709. The van der Waals surface area contributed by atoms with Crippen molar-refractivity contribution in [2.45, 2.75) is 25.4 Å². The van der Waals surface area contributed by atoms with Gasteiger partial charge >= 0.3 is 0 Å². The fourth-order valence-electron chi connectivity index (χ4n) is 4.16. The summed E-state index contributed by atoms with van der Waals surface area (Å²) in [5.74, 6) is 2.01. The highest BCUT2D eigenvalue weighted by Crippen LogP contribution is 2.43. The van der Waals surface area contributed by atoms with E-state index < -0.39 is 0 Å². The second kappa shape index (κ2) is 5.92. The van der Waals surface area contributed by atoms with Crippen molar-refractivity contribution >= 4 is 5.82 Å². The first-order valence-corrected chi connectivity index (χ1v) is 8.98. The molecule has 132 valence electrons. The Balaban J connectivity index is 1.53. The molecular weight excluding hydrogens is 328 g/mol. The van der Waals surface area contributed by atoms with E-state index in [0.29, 0.717) is 18.3 Å². The van der Waals surface area contributed by atoms with Gasteiger partial charge in [0.2, 0.25) is 0 Å². The zero-order valence-corrected chi connectivity index (χ0v) is 14.7. The lowest BCUT2D eigenvalue weighted by Gasteiger charge is -2.42. The Morgan fingerprint density at radius 3 is 2.96 bits per heavy atom. The third-order valence-corrected chi connectivity index (χ3v) is 5.34. The topological polar surface area (TPSA) is 64.3 Å². The summed E-state index contributed by atoms with van der Waals surface area (Å²) in [7, 11) is 0. The molecule has 2 aliphatic rings. The number of ether oxygens (including phenoxy) is 1. The Hall–Kier alpha value is -2.73. The average Bonchev–Trinajstić information content (AvgIpc) is 3.27. The molecule has 1 unspecified atom stereocenters. The Kier molecular flexibility index (Phi) is 3.53. The van der Waals surface area contributed by atoms with Gasteiger partial charge in [0, 0.05) is 12.7 Å². The van der Waals surface area contributed by atoms with Crippen LogP contribution in [0.25, 0.3) is 11.5 Å². The molecule has 0 N–H and O–H groups in total. The van der Waals surface area contributed by atoms with Crippen LogP contribution < -0.4 is 4.90 Å².